The zero-order valence-corrected chi connectivity index (χ0v) is 11.9. The third-order valence-electron chi connectivity index (χ3n) is 2.80. The molecule has 1 unspecified atom stereocenters. The fourth-order valence-corrected chi connectivity index (χ4v) is 1.66. The van der Waals surface area contributed by atoms with E-state index in [1.165, 1.54) is 0 Å². The van der Waals surface area contributed by atoms with Crippen LogP contribution in [0.25, 0.3) is 0 Å². The number of methoxy groups -OCH3 is 1. The molecule has 0 aromatic rings. The number of carbonyl (C=O) groups is 2. The Balaban J connectivity index is 3.45. The van der Waals surface area contributed by atoms with Crippen LogP contribution in [0.2, 0.25) is 0 Å². The monoisotopic (exact) mass is 274 g/mol. The van der Waals surface area contributed by atoms with Gasteiger partial charge in [0.15, 0.2) is 0 Å². The number of hydrogen-bond acceptors (Lipinski definition) is 3. The molecule has 0 aromatic heterocycles. The summed E-state index contributed by atoms with van der Waals surface area (Å²) in [4.78, 5) is 21.8. The highest BCUT2D eigenvalue weighted by atomic mass is 16.5. The van der Waals surface area contributed by atoms with Crippen molar-refractivity contribution in [2.45, 2.75) is 51.5 Å². The standard InChI is InChI=1S/C13H26N2O4/c1-3-11(10-19-2)15-13(18)14-9-7-5-4-6-8-12(16)17/h11H,3-10H2,1-2H3,(H,16,17)(H2,14,15,18). The van der Waals surface area contributed by atoms with Crippen LogP contribution in [0.1, 0.15) is 45.4 Å². The molecule has 112 valence electrons. The van der Waals surface area contributed by atoms with E-state index in [1.54, 1.807) is 7.11 Å². The number of hydrogen-bond donors (Lipinski definition) is 3. The quantitative estimate of drug-likeness (QED) is 0.501. The van der Waals surface area contributed by atoms with Gasteiger partial charge in [0.1, 0.15) is 0 Å². The van der Waals surface area contributed by atoms with Crippen molar-refractivity contribution in [1.29, 1.82) is 0 Å². The van der Waals surface area contributed by atoms with E-state index >= 15 is 0 Å². The van der Waals surface area contributed by atoms with E-state index in [2.05, 4.69) is 10.6 Å². The number of rotatable bonds is 11. The number of aliphatic carboxylic acids is 1. The molecule has 2 amide bonds. The minimum atomic E-state index is -0.749. The average Bonchev–Trinajstić information content (AvgIpc) is 2.36. The number of carboxylic acid groups (broad SMARTS) is 1. The van der Waals surface area contributed by atoms with Gasteiger partial charge in [0, 0.05) is 20.1 Å². The Bertz CT molecular complexity index is 259. The lowest BCUT2D eigenvalue weighted by molar-refractivity contribution is -0.137. The van der Waals surface area contributed by atoms with Crippen LogP contribution < -0.4 is 10.6 Å². The maximum absolute atomic E-state index is 11.5. The summed E-state index contributed by atoms with van der Waals surface area (Å²) < 4.78 is 4.99. The zero-order chi connectivity index (χ0) is 14.5. The number of ether oxygens (including phenoxy) is 1. The number of unbranched alkanes of at least 4 members (excludes halogenated alkanes) is 3. The summed E-state index contributed by atoms with van der Waals surface area (Å²) >= 11 is 0. The molecule has 3 N–H and O–H groups in total. The molecule has 0 saturated heterocycles. The van der Waals surface area contributed by atoms with E-state index < -0.39 is 5.97 Å². The number of carboxylic acids is 1. The van der Waals surface area contributed by atoms with E-state index in [-0.39, 0.29) is 18.5 Å². The highest BCUT2D eigenvalue weighted by Gasteiger charge is 2.08. The largest absolute Gasteiger partial charge is 0.481 e. The molecule has 0 aliphatic rings. The summed E-state index contributed by atoms with van der Waals surface area (Å²) in [6.07, 6.45) is 4.45. The molecular formula is C13H26N2O4. The predicted molar refractivity (Wildman–Crippen MR) is 73.2 cm³/mol. The van der Waals surface area contributed by atoms with Crippen LogP contribution in [0.15, 0.2) is 0 Å². The van der Waals surface area contributed by atoms with Crippen LogP contribution in [0.3, 0.4) is 0 Å². The minimum Gasteiger partial charge on any atom is -0.481 e. The first-order valence-electron chi connectivity index (χ1n) is 6.85. The molecule has 0 aliphatic carbocycles. The zero-order valence-electron chi connectivity index (χ0n) is 11.9. The second-order valence-electron chi connectivity index (χ2n) is 4.52. The molecular weight excluding hydrogens is 248 g/mol. The Morgan fingerprint density at radius 1 is 1.21 bits per heavy atom. The van der Waals surface area contributed by atoms with Gasteiger partial charge >= 0.3 is 12.0 Å². The molecule has 6 nitrogen and oxygen atoms in total. The highest BCUT2D eigenvalue weighted by molar-refractivity contribution is 5.74. The van der Waals surface area contributed by atoms with Crippen molar-refractivity contribution >= 4 is 12.0 Å². The predicted octanol–water partition coefficient (Wildman–Crippen LogP) is 1.75. The Kier molecular flexibility index (Phi) is 11.0. The van der Waals surface area contributed by atoms with Gasteiger partial charge in [-0.2, -0.15) is 0 Å². The first-order valence-corrected chi connectivity index (χ1v) is 6.85. The number of amides is 2. The van der Waals surface area contributed by atoms with Crippen LogP contribution in [-0.4, -0.2) is 43.4 Å². The fraction of sp³-hybridized carbons (Fsp3) is 0.846. The van der Waals surface area contributed by atoms with E-state index in [0.29, 0.717) is 19.6 Å². The van der Waals surface area contributed by atoms with Crippen molar-refractivity contribution in [3.05, 3.63) is 0 Å². The number of carbonyl (C=O) groups excluding carboxylic acids is 1. The Morgan fingerprint density at radius 2 is 1.89 bits per heavy atom. The Morgan fingerprint density at radius 3 is 2.47 bits per heavy atom. The van der Waals surface area contributed by atoms with E-state index in [0.717, 1.165) is 25.7 Å². The molecule has 0 aliphatic heterocycles. The Hall–Kier alpha value is -1.30. The van der Waals surface area contributed by atoms with Crippen LogP contribution >= 0.6 is 0 Å². The molecule has 0 saturated carbocycles. The third kappa shape index (κ3) is 11.5. The van der Waals surface area contributed by atoms with Crippen molar-refractivity contribution in [1.82, 2.24) is 10.6 Å². The summed E-state index contributed by atoms with van der Waals surface area (Å²) in [7, 11) is 1.61. The Labute approximate surface area is 114 Å². The van der Waals surface area contributed by atoms with Gasteiger partial charge in [-0.1, -0.05) is 19.8 Å². The molecule has 0 aromatic carbocycles. The lowest BCUT2D eigenvalue weighted by Gasteiger charge is -2.16. The fourth-order valence-electron chi connectivity index (χ4n) is 1.66. The van der Waals surface area contributed by atoms with Crippen LogP contribution in [-0.2, 0) is 9.53 Å². The first-order chi connectivity index (χ1) is 9.10. The van der Waals surface area contributed by atoms with Gasteiger partial charge in [-0.05, 0) is 19.3 Å². The van der Waals surface area contributed by atoms with Gasteiger partial charge in [-0.25, -0.2) is 4.79 Å². The van der Waals surface area contributed by atoms with Crippen molar-refractivity contribution in [3.63, 3.8) is 0 Å². The lowest BCUT2D eigenvalue weighted by atomic mass is 10.1. The smallest absolute Gasteiger partial charge is 0.315 e. The average molecular weight is 274 g/mol. The van der Waals surface area contributed by atoms with E-state index in [9.17, 15) is 9.59 Å². The summed E-state index contributed by atoms with van der Waals surface area (Å²) in [6.45, 7) is 3.12. The van der Waals surface area contributed by atoms with Gasteiger partial charge in [0.05, 0.1) is 12.6 Å². The van der Waals surface area contributed by atoms with E-state index in [4.69, 9.17) is 9.84 Å². The maximum atomic E-state index is 11.5. The molecule has 0 rings (SSSR count). The maximum Gasteiger partial charge on any atom is 0.315 e. The van der Waals surface area contributed by atoms with Crippen molar-refractivity contribution in [2.24, 2.45) is 0 Å². The topological polar surface area (TPSA) is 87.7 Å². The molecule has 0 radical (unpaired) electrons. The van der Waals surface area contributed by atoms with Gasteiger partial charge < -0.3 is 20.5 Å². The normalized spacial score (nSPS) is 11.9. The molecule has 1 atom stereocenters. The van der Waals surface area contributed by atoms with Crippen molar-refractivity contribution in [3.8, 4) is 0 Å². The minimum absolute atomic E-state index is 0.0422. The van der Waals surface area contributed by atoms with E-state index in [1.807, 2.05) is 6.92 Å². The van der Waals surface area contributed by atoms with Crippen molar-refractivity contribution in [2.75, 3.05) is 20.3 Å². The van der Waals surface area contributed by atoms with Gasteiger partial charge in [0.2, 0.25) is 0 Å². The number of nitrogens with one attached hydrogen (secondary N) is 2. The number of urea groups is 1. The van der Waals surface area contributed by atoms with Crippen LogP contribution in [0.4, 0.5) is 4.79 Å². The SMILES string of the molecule is CCC(COC)NC(=O)NCCCCCCC(=O)O. The third-order valence-corrected chi connectivity index (χ3v) is 2.80. The molecule has 0 spiro atoms. The highest BCUT2D eigenvalue weighted by Crippen LogP contribution is 2.02. The second-order valence-corrected chi connectivity index (χ2v) is 4.52. The summed E-state index contributed by atoms with van der Waals surface area (Å²) in [6, 6.07) is -0.130. The molecule has 19 heavy (non-hydrogen) atoms. The van der Waals surface area contributed by atoms with Gasteiger partial charge in [-0.15, -0.1) is 0 Å². The van der Waals surface area contributed by atoms with Crippen LogP contribution in [0.5, 0.6) is 0 Å². The summed E-state index contributed by atoms with van der Waals surface area (Å²) in [5, 5.41) is 14.1. The molecule has 0 bridgehead atoms. The lowest BCUT2D eigenvalue weighted by Crippen LogP contribution is -2.44. The van der Waals surface area contributed by atoms with Crippen molar-refractivity contribution < 1.29 is 19.4 Å². The van der Waals surface area contributed by atoms with Gasteiger partial charge in [-0.3, -0.25) is 4.79 Å². The second kappa shape index (κ2) is 11.8. The summed E-state index contributed by atoms with van der Waals surface area (Å²) in [5.74, 6) is -0.749. The first kappa shape index (κ1) is 17.7. The van der Waals surface area contributed by atoms with Crippen LogP contribution in [0, 0.1) is 0 Å². The molecule has 0 fully saturated rings. The molecule has 0 heterocycles. The van der Waals surface area contributed by atoms with Gasteiger partial charge in [0.25, 0.3) is 0 Å². The summed E-state index contributed by atoms with van der Waals surface area (Å²) in [5.41, 5.74) is 0. The molecule has 6 heteroatoms.